The van der Waals surface area contributed by atoms with Crippen LogP contribution in [0.4, 0.5) is 0 Å². The fourth-order valence-corrected chi connectivity index (χ4v) is 2.84. The smallest absolute Gasteiger partial charge is 0.261 e. The molecule has 2 rings (SSSR count). The normalized spacial score (nSPS) is 11.9. The topological polar surface area (TPSA) is 38.3 Å². The number of aryl methyl sites for hydroxylation is 2. The average Bonchev–Trinajstić information content (AvgIpc) is 2.53. The maximum absolute atomic E-state index is 12.4. The van der Waals surface area contributed by atoms with Gasteiger partial charge in [0, 0.05) is 16.6 Å². The third-order valence-electron chi connectivity index (χ3n) is 3.73. The molecule has 128 valence electrons. The fraction of sp³-hybridized carbons (Fsp3) is 0.316. The molecule has 2 aromatic carbocycles. The van der Waals surface area contributed by atoms with Gasteiger partial charge in [0.15, 0.2) is 6.10 Å². The molecule has 1 amide bonds. The molecule has 0 fully saturated rings. The van der Waals surface area contributed by atoms with Crippen molar-refractivity contribution >= 4 is 29.1 Å². The van der Waals surface area contributed by atoms with Gasteiger partial charge in [-0.25, -0.2) is 0 Å². The highest BCUT2D eigenvalue weighted by atomic mass is 35.5. The van der Waals surface area contributed by atoms with Crippen LogP contribution in [0.1, 0.15) is 30.0 Å². The van der Waals surface area contributed by atoms with E-state index in [1.807, 2.05) is 39.0 Å². The van der Waals surface area contributed by atoms with Gasteiger partial charge in [-0.1, -0.05) is 53.9 Å². The summed E-state index contributed by atoms with van der Waals surface area (Å²) in [4.78, 5) is 12.4. The van der Waals surface area contributed by atoms with Crippen molar-refractivity contribution < 1.29 is 9.53 Å². The number of hydrogen-bond acceptors (Lipinski definition) is 2. The molecular formula is C19H21Cl2NO2. The summed E-state index contributed by atoms with van der Waals surface area (Å²) < 4.78 is 5.88. The number of nitrogens with one attached hydrogen (secondary N) is 1. The van der Waals surface area contributed by atoms with Crippen LogP contribution in [-0.2, 0) is 11.3 Å². The molecule has 0 spiro atoms. The van der Waals surface area contributed by atoms with Crippen LogP contribution in [0.3, 0.4) is 0 Å². The Kier molecular flexibility index (Phi) is 6.52. The molecule has 2 aromatic rings. The zero-order valence-electron chi connectivity index (χ0n) is 14.0. The third kappa shape index (κ3) is 4.89. The Morgan fingerprint density at radius 1 is 1.17 bits per heavy atom. The lowest BCUT2D eigenvalue weighted by atomic mass is 10.1. The lowest BCUT2D eigenvalue weighted by Crippen LogP contribution is -2.37. The second kappa shape index (κ2) is 8.41. The maximum atomic E-state index is 12.4. The summed E-state index contributed by atoms with van der Waals surface area (Å²) in [6.45, 7) is 6.25. The minimum atomic E-state index is -0.544. The molecule has 3 nitrogen and oxygen atoms in total. The Morgan fingerprint density at radius 3 is 2.54 bits per heavy atom. The number of hydrogen-bond donors (Lipinski definition) is 1. The number of halogens is 2. The summed E-state index contributed by atoms with van der Waals surface area (Å²) in [5.41, 5.74) is 2.99. The zero-order valence-corrected chi connectivity index (χ0v) is 15.5. The van der Waals surface area contributed by atoms with Crippen molar-refractivity contribution in [3.8, 4) is 5.75 Å². The van der Waals surface area contributed by atoms with Gasteiger partial charge in [0.25, 0.3) is 5.91 Å². The van der Waals surface area contributed by atoms with Crippen LogP contribution in [0.25, 0.3) is 0 Å². The monoisotopic (exact) mass is 365 g/mol. The largest absolute Gasteiger partial charge is 0.480 e. The van der Waals surface area contributed by atoms with Crippen molar-refractivity contribution in [2.45, 2.75) is 39.8 Å². The Morgan fingerprint density at radius 2 is 1.92 bits per heavy atom. The first-order valence-corrected chi connectivity index (χ1v) is 8.62. The van der Waals surface area contributed by atoms with Crippen molar-refractivity contribution in [2.24, 2.45) is 0 Å². The second-order valence-corrected chi connectivity index (χ2v) is 6.58. The van der Waals surface area contributed by atoms with Gasteiger partial charge in [-0.3, -0.25) is 4.79 Å². The quantitative estimate of drug-likeness (QED) is 0.774. The Bertz CT molecular complexity index is 731. The van der Waals surface area contributed by atoms with E-state index in [0.29, 0.717) is 23.0 Å². The van der Waals surface area contributed by atoms with E-state index in [9.17, 15) is 4.79 Å². The summed E-state index contributed by atoms with van der Waals surface area (Å²) in [7, 11) is 0. The van der Waals surface area contributed by atoms with Crippen LogP contribution < -0.4 is 10.1 Å². The van der Waals surface area contributed by atoms with Crippen molar-refractivity contribution in [3.05, 3.63) is 63.1 Å². The molecule has 0 heterocycles. The number of carbonyl (C=O) groups is 1. The van der Waals surface area contributed by atoms with Gasteiger partial charge in [-0.05, 0) is 49.6 Å². The van der Waals surface area contributed by atoms with Crippen LogP contribution in [0, 0.1) is 13.8 Å². The average molecular weight is 366 g/mol. The molecule has 0 aromatic heterocycles. The van der Waals surface area contributed by atoms with Crippen LogP contribution >= 0.6 is 23.2 Å². The minimum Gasteiger partial charge on any atom is -0.480 e. The van der Waals surface area contributed by atoms with E-state index < -0.39 is 6.10 Å². The SMILES string of the molecule is CCC(Oc1ccc(C)cc1C)C(=O)NCc1ccc(Cl)cc1Cl. The first-order valence-electron chi connectivity index (χ1n) is 7.86. The van der Waals surface area contributed by atoms with E-state index in [2.05, 4.69) is 5.32 Å². The second-order valence-electron chi connectivity index (χ2n) is 5.74. The van der Waals surface area contributed by atoms with Crippen molar-refractivity contribution in [1.29, 1.82) is 0 Å². The number of ether oxygens (including phenoxy) is 1. The van der Waals surface area contributed by atoms with Crippen molar-refractivity contribution in [3.63, 3.8) is 0 Å². The number of carbonyl (C=O) groups excluding carboxylic acids is 1. The van der Waals surface area contributed by atoms with Gasteiger partial charge in [0.2, 0.25) is 0 Å². The zero-order chi connectivity index (χ0) is 17.7. The molecule has 0 bridgehead atoms. The fourth-order valence-electron chi connectivity index (χ4n) is 2.37. The van der Waals surface area contributed by atoms with Crippen LogP contribution in [-0.4, -0.2) is 12.0 Å². The Balaban J connectivity index is 2.00. The molecular weight excluding hydrogens is 345 g/mol. The van der Waals surface area contributed by atoms with Crippen molar-refractivity contribution in [2.75, 3.05) is 0 Å². The summed E-state index contributed by atoms with van der Waals surface area (Å²) in [5.74, 6) is 0.565. The Labute approximate surface area is 152 Å². The molecule has 1 N–H and O–H groups in total. The molecule has 0 aliphatic carbocycles. The van der Waals surface area contributed by atoms with Gasteiger partial charge in [-0.2, -0.15) is 0 Å². The first kappa shape index (κ1) is 18.6. The summed E-state index contributed by atoms with van der Waals surface area (Å²) in [6.07, 6.45) is 0.0329. The molecule has 0 saturated heterocycles. The molecule has 0 aliphatic heterocycles. The molecule has 0 radical (unpaired) electrons. The molecule has 1 unspecified atom stereocenters. The van der Waals surface area contributed by atoms with Crippen LogP contribution in [0.2, 0.25) is 10.0 Å². The van der Waals surface area contributed by atoms with Gasteiger partial charge in [0.05, 0.1) is 0 Å². The minimum absolute atomic E-state index is 0.163. The lowest BCUT2D eigenvalue weighted by Gasteiger charge is -2.19. The lowest BCUT2D eigenvalue weighted by molar-refractivity contribution is -0.128. The summed E-state index contributed by atoms with van der Waals surface area (Å²) in [6, 6.07) is 11.1. The van der Waals surface area contributed by atoms with E-state index in [1.54, 1.807) is 18.2 Å². The number of benzene rings is 2. The Hall–Kier alpha value is -1.71. The highest BCUT2D eigenvalue weighted by Gasteiger charge is 2.19. The molecule has 0 aliphatic rings. The molecule has 0 saturated carbocycles. The van der Waals surface area contributed by atoms with Crippen molar-refractivity contribution in [1.82, 2.24) is 5.32 Å². The van der Waals surface area contributed by atoms with E-state index >= 15 is 0 Å². The predicted octanol–water partition coefficient (Wildman–Crippen LogP) is 5.08. The predicted molar refractivity (Wildman–Crippen MR) is 98.9 cm³/mol. The molecule has 1 atom stereocenters. The highest BCUT2D eigenvalue weighted by Crippen LogP contribution is 2.22. The third-order valence-corrected chi connectivity index (χ3v) is 4.32. The van der Waals surface area contributed by atoms with E-state index in [4.69, 9.17) is 27.9 Å². The first-order chi connectivity index (χ1) is 11.4. The summed E-state index contributed by atoms with van der Waals surface area (Å²) in [5, 5.41) is 3.97. The van der Waals surface area contributed by atoms with E-state index in [0.717, 1.165) is 22.4 Å². The van der Waals surface area contributed by atoms with Gasteiger partial charge in [-0.15, -0.1) is 0 Å². The molecule has 5 heteroatoms. The molecule has 24 heavy (non-hydrogen) atoms. The van der Waals surface area contributed by atoms with E-state index in [-0.39, 0.29) is 5.91 Å². The van der Waals surface area contributed by atoms with Gasteiger partial charge >= 0.3 is 0 Å². The van der Waals surface area contributed by atoms with Crippen LogP contribution in [0.15, 0.2) is 36.4 Å². The summed E-state index contributed by atoms with van der Waals surface area (Å²) >= 11 is 12.0. The number of amides is 1. The van der Waals surface area contributed by atoms with E-state index in [1.165, 1.54) is 0 Å². The number of rotatable bonds is 6. The van der Waals surface area contributed by atoms with Gasteiger partial charge in [0.1, 0.15) is 5.75 Å². The standard InChI is InChI=1S/C19H21Cl2NO2/c1-4-17(24-18-8-5-12(2)9-13(18)3)19(23)22-11-14-6-7-15(20)10-16(14)21/h5-10,17H,4,11H2,1-3H3,(H,22,23). The van der Waals surface area contributed by atoms with Crippen LogP contribution in [0.5, 0.6) is 5.75 Å². The highest BCUT2D eigenvalue weighted by molar-refractivity contribution is 6.35. The maximum Gasteiger partial charge on any atom is 0.261 e. The van der Waals surface area contributed by atoms with Gasteiger partial charge < -0.3 is 10.1 Å².